The molecule has 16 heteroatoms. The smallest absolute Gasteiger partial charge is 0.346 e. The summed E-state index contributed by atoms with van der Waals surface area (Å²) >= 11 is 0. The highest BCUT2D eigenvalue weighted by molar-refractivity contribution is 6.03. The van der Waals surface area contributed by atoms with Crippen LogP contribution in [0.5, 0.6) is 11.5 Å². The maximum absolute atomic E-state index is 13.5. The lowest BCUT2D eigenvalue weighted by Gasteiger charge is -2.41. The zero-order chi connectivity index (χ0) is 40.7. The predicted molar refractivity (Wildman–Crippen MR) is 192 cm³/mol. The Kier molecular flexibility index (Phi) is 12.4. The van der Waals surface area contributed by atoms with E-state index >= 15 is 0 Å². The van der Waals surface area contributed by atoms with Gasteiger partial charge in [-0.2, -0.15) is 0 Å². The van der Waals surface area contributed by atoms with Crippen LogP contribution in [0.3, 0.4) is 0 Å². The fourth-order valence-corrected chi connectivity index (χ4v) is 5.96. The summed E-state index contributed by atoms with van der Waals surface area (Å²) in [6.07, 6.45) is -11.2. The third-order valence-electron chi connectivity index (χ3n) is 9.04. The second kappa shape index (κ2) is 17.6. The van der Waals surface area contributed by atoms with Crippen LogP contribution in [0.2, 0.25) is 0 Å². The molecule has 0 aromatic heterocycles. The third kappa shape index (κ3) is 9.01. The van der Waals surface area contributed by atoms with Crippen LogP contribution in [0, 0.1) is 0 Å². The van der Waals surface area contributed by atoms with Crippen LogP contribution in [0.15, 0.2) is 121 Å². The Morgan fingerprint density at radius 3 is 1.86 bits per heavy atom. The third-order valence-corrected chi connectivity index (χ3v) is 9.04. The van der Waals surface area contributed by atoms with Crippen molar-refractivity contribution in [3.05, 3.63) is 144 Å². The van der Waals surface area contributed by atoms with Gasteiger partial charge >= 0.3 is 23.9 Å². The van der Waals surface area contributed by atoms with Gasteiger partial charge in [0.2, 0.25) is 18.0 Å². The second-order valence-electron chi connectivity index (χ2n) is 12.9. The van der Waals surface area contributed by atoms with Gasteiger partial charge in [0.15, 0.2) is 11.9 Å². The molecule has 1 fully saturated rings. The summed E-state index contributed by atoms with van der Waals surface area (Å²) in [6, 6.07) is 26.5. The first-order valence-corrected chi connectivity index (χ1v) is 17.4. The van der Waals surface area contributed by atoms with Gasteiger partial charge in [-0.1, -0.05) is 54.6 Å². The fraction of sp³-hybridized carbons (Fsp3) is 0.244. The van der Waals surface area contributed by atoms with Crippen molar-refractivity contribution in [3.63, 3.8) is 0 Å². The van der Waals surface area contributed by atoms with E-state index in [2.05, 4.69) is 0 Å². The average Bonchev–Trinajstić information content (AvgIpc) is 3.23. The monoisotopic (exact) mass is 784 g/mol. The summed E-state index contributed by atoms with van der Waals surface area (Å²) in [5, 5.41) is 54.8. The van der Waals surface area contributed by atoms with E-state index in [1.807, 2.05) is 0 Å². The number of carbonyl (C=O) groups excluding carboxylic acids is 5. The number of aliphatic hydroxyl groups is 4. The molecule has 8 unspecified atom stereocenters. The van der Waals surface area contributed by atoms with Gasteiger partial charge in [-0.15, -0.1) is 0 Å². The van der Waals surface area contributed by atoms with Crippen molar-refractivity contribution in [2.75, 3.05) is 6.61 Å². The number of phenols is 1. The number of rotatable bonds is 12. The standard InChI is InChI=1S/C41H36O16/c42-27-16-18-29(26(20-27)21-53-40(50)41(51)31(44)19-17-28(43)35(41)57-38(49)25-14-8-3-9-15-25)54-39-33(46)32(45)34(56-37(48)24-12-6-2-7-13-24)30(55-39)22-52-36(47)23-10-4-1-5-11-23/h1-20,30-35,39,42,44-46,51H,21-22H2. The molecule has 1 aliphatic carbocycles. The topological polar surface area (TPSA) is 242 Å². The Morgan fingerprint density at radius 1 is 0.702 bits per heavy atom. The number of hydrogen-bond acceptors (Lipinski definition) is 16. The van der Waals surface area contributed by atoms with Gasteiger partial charge in [-0.3, -0.25) is 4.79 Å². The molecule has 296 valence electrons. The minimum atomic E-state index is -3.11. The molecule has 57 heavy (non-hydrogen) atoms. The van der Waals surface area contributed by atoms with Gasteiger partial charge < -0.3 is 54.0 Å². The molecule has 0 bridgehead atoms. The van der Waals surface area contributed by atoms with E-state index in [1.165, 1.54) is 54.6 Å². The quantitative estimate of drug-likeness (QED) is 0.102. The molecule has 2 aliphatic rings. The zero-order valence-corrected chi connectivity index (χ0v) is 29.7. The van der Waals surface area contributed by atoms with Gasteiger partial charge in [0.25, 0.3) is 0 Å². The molecule has 1 saturated heterocycles. The lowest BCUT2D eigenvalue weighted by molar-refractivity contribution is -0.276. The molecule has 6 rings (SSSR count). The molecule has 5 N–H and O–H groups in total. The van der Waals surface area contributed by atoms with Crippen molar-refractivity contribution in [1.29, 1.82) is 0 Å². The summed E-state index contributed by atoms with van der Waals surface area (Å²) < 4.78 is 33.2. The highest BCUT2D eigenvalue weighted by Crippen LogP contribution is 2.33. The van der Waals surface area contributed by atoms with Crippen LogP contribution < -0.4 is 4.74 Å². The number of ether oxygens (including phenoxy) is 6. The summed E-state index contributed by atoms with van der Waals surface area (Å²) in [5.74, 6) is -5.92. The van der Waals surface area contributed by atoms with E-state index in [4.69, 9.17) is 28.4 Å². The van der Waals surface area contributed by atoms with Gasteiger partial charge in [0, 0.05) is 5.56 Å². The summed E-state index contributed by atoms with van der Waals surface area (Å²) in [7, 11) is 0. The minimum absolute atomic E-state index is 0.0129. The Morgan fingerprint density at radius 2 is 1.26 bits per heavy atom. The molecule has 0 saturated carbocycles. The van der Waals surface area contributed by atoms with Crippen LogP contribution in [0.4, 0.5) is 0 Å². The summed E-state index contributed by atoms with van der Waals surface area (Å²) in [6.45, 7) is -1.40. The zero-order valence-electron chi connectivity index (χ0n) is 29.7. The van der Waals surface area contributed by atoms with Crippen molar-refractivity contribution < 1.29 is 77.9 Å². The summed E-state index contributed by atoms with van der Waals surface area (Å²) in [5.41, 5.74) is -2.94. The van der Waals surface area contributed by atoms with Crippen molar-refractivity contribution in [3.8, 4) is 11.5 Å². The molecule has 0 spiro atoms. The maximum atomic E-state index is 13.5. The normalized spacial score (nSPS) is 25.5. The van der Waals surface area contributed by atoms with Crippen LogP contribution >= 0.6 is 0 Å². The molecule has 4 aromatic rings. The van der Waals surface area contributed by atoms with Crippen LogP contribution in [0.1, 0.15) is 36.6 Å². The first-order valence-electron chi connectivity index (χ1n) is 17.4. The van der Waals surface area contributed by atoms with Crippen molar-refractivity contribution >= 4 is 29.7 Å². The number of benzene rings is 4. The van der Waals surface area contributed by atoms with E-state index < -0.39 is 91.4 Å². The van der Waals surface area contributed by atoms with Crippen LogP contribution in [-0.4, -0.2) is 110 Å². The molecule has 1 aliphatic heterocycles. The van der Waals surface area contributed by atoms with Gasteiger partial charge in [0.05, 0.1) is 16.7 Å². The molecule has 0 radical (unpaired) electrons. The number of aliphatic hydroxyl groups excluding tert-OH is 3. The first kappa shape index (κ1) is 40.2. The van der Waals surface area contributed by atoms with E-state index in [0.717, 1.165) is 24.3 Å². The molecule has 1 heterocycles. The lowest BCUT2D eigenvalue weighted by atomic mass is 9.83. The minimum Gasteiger partial charge on any atom is -0.508 e. The van der Waals surface area contributed by atoms with E-state index in [1.54, 1.807) is 42.5 Å². The number of carbonyl (C=O) groups is 5. The average molecular weight is 785 g/mol. The van der Waals surface area contributed by atoms with Crippen LogP contribution in [-0.2, 0) is 39.9 Å². The molecule has 4 aromatic carbocycles. The number of ketones is 1. The Bertz CT molecular complexity index is 2110. The van der Waals surface area contributed by atoms with Crippen molar-refractivity contribution in [1.82, 2.24) is 0 Å². The Balaban J connectivity index is 1.20. The molecule has 0 amide bonds. The lowest BCUT2D eigenvalue weighted by Crippen LogP contribution is -2.63. The highest BCUT2D eigenvalue weighted by Gasteiger charge is 2.58. The van der Waals surface area contributed by atoms with E-state index in [0.29, 0.717) is 0 Å². The van der Waals surface area contributed by atoms with Gasteiger partial charge in [0.1, 0.15) is 49.1 Å². The van der Waals surface area contributed by atoms with Crippen molar-refractivity contribution in [2.45, 2.75) is 55.1 Å². The number of aromatic hydroxyl groups is 1. The summed E-state index contributed by atoms with van der Waals surface area (Å²) in [4.78, 5) is 64.9. The van der Waals surface area contributed by atoms with Gasteiger partial charge in [-0.25, -0.2) is 19.2 Å². The predicted octanol–water partition coefficient (Wildman–Crippen LogP) is 1.80. The SMILES string of the molecule is O=C(OCC1OC(Oc2ccc(O)cc2COC(=O)C2(O)C(O)C=CC(=O)C2OC(=O)c2ccccc2)C(O)C(O)C1OC(=O)c1ccccc1)c1ccccc1. The molecule has 16 nitrogen and oxygen atoms in total. The first-order chi connectivity index (χ1) is 27.4. The number of hydrogen-bond donors (Lipinski definition) is 5. The largest absolute Gasteiger partial charge is 0.508 e. The number of esters is 4. The molecular weight excluding hydrogens is 748 g/mol. The van der Waals surface area contributed by atoms with Crippen molar-refractivity contribution in [2.24, 2.45) is 0 Å². The molecular formula is C41H36O16. The highest BCUT2D eigenvalue weighted by atomic mass is 16.7. The second-order valence-corrected chi connectivity index (χ2v) is 12.9. The Hall–Kier alpha value is -6.43. The molecule has 8 atom stereocenters. The maximum Gasteiger partial charge on any atom is 0.346 e. The van der Waals surface area contributed by atoms with E-state index in [-0.39, 0.29) is 33.8 Å². The fourth-order valence-electron chi connectivity index (χ4n) is 5.96. The Labute approximate surface area is 324 Å². The number of phenolic OH excluding ortho intramolecular Hbond substituents is 1. The van der Waals surface area contributed by atoms with Gasteiger partial charge in [-0.05, 0) is 66.7 Å². The van der Waals surface area contributed by atoms with E-state index in [9.17, 15) is 49.5 Å². The van der Waals surface area contributed by atoms with Crippen LogP contribution in [0.25, 0.3) is 0 Å².